The van der Waals surface area contributed by atoms with Crippen LogP contribution in [0.2, 0.25) is 5.02 Å². The minimum absolute atomic E-state index is 0.00706. The van der Waals surface area contributed by atoms with Gasteiger partial charge >= 0.3 is 12.1 Å². The number of carbonyl (C=O) groups is 1. The van der Waals surface area contributed by atoms with Crippen LogP contribution in [0.4, 0.5) is 13.2 Å². The summed E-state index contributed by atoms with van der Waals surface area (Å²) in [6, 6.07) is 2.88. The number of fused-ring (bicyclic) bond motifs is 1. The Balaban J connectivity index is 2.51. The smallest absolute Gasteiger partial charge is 0.430 e. The third-order valence-electron chi connectivity index (χ3n) is 3.19. The van der Waals surface area contributed by atoms with Crippen LogP contribution >= 0.6 is 11.6 Å². The van der Waals surface area contributed by atoms with E-state index in [0.717, 1.165) is 6.08 Å². The first-order valence-electron chi connectivity index (χ1n) is 6.60. The van der Waals surface area contributed by atoms with Gasteiger partial charge in [-0.2, -0.15) is 13.2 Å². The van der Waals surface area contributed by atoms with Crippen molar-refractivity contribution < 1.29 is 27.8 Å². The lowest BCUT2D eigenvalue weighted by atomic mass is 9.97. The van der Waals surface area contributed by atoms with Crippen molar-refractivity contribution in [2.45, 2.75) is 32.5 Å². The minimum atomic E-state index is -4.81. The molecule has 1 atom stereocenters. The predicted octanol–water partition coefficient (Wildman–Crippen LogP) is 4.33. The van der Waals surface area contributed by atoms with Crippen molar-refractivity contribution in [3.05, 3.63) is 33.9 Å². The second-order valence-corrected chi connectivity index (χ2v) is 5.93. The zero-order valence-corrected chi connectivity index (χ0v) is 12.6. The Morgan fingerprint density at radius 3 is 2.55 bits per heavy atom. The van der Waals surface area contributed by atoms with E-state index in [-0.39, 0.29) is 17.2 Å². The van der Waals surface area contributed by atoms with Gasteiger partial charge in [-0.1, -0.05) is 25.4 Å². The molecule has 1 aliphatic heterocycles. The minimum Gasteiger partial charge on any atom is -0.478 e. The Hall–Kier alpha value is -1.69. The van der Waals surface area contributed by atoms with Crippen LogP contribution in [0.3, 0.4) is 0 Å². The number of ether oxygens (including phenoxy) is 1. The van der Waals surface area contributed by atoms with Crippen molar-refractivity contribution in [3.63, 3.8) is 0 Å². The molecule has 1 N–H and O–H groups in total. The monoisotopic (exact) mass is 334 g/mol. The number of alkyl halides is 3. The van der Waals surface area contributed by atoms with E-state index in [0.29, 0.717) is 17.0 Å². The van der Waals surface area contributed by atoms with Crippen molar-refractivity contribution in [3.8, 4) is 5.75 Å². The van der Waals surface area contributed by atoms with Crippen LogP contribution in [0.1, 0.15) is 25.0 Å². The average Bonchev–Trinajstić information content (AvgIpc) is 2.36. The van der Waals surface area contributed by atoms with Gasteiger partial charge in [0.1, 0.15) is 5.75 Å². The lowest BCUT2D eigenvalue weighted by Crippen LogP contribution is -2.40. The lowest BCUT2D eigenvalue weighted by Gasteiger charge is -2.27. The van der Waals surface area contributed by atoms with Gasteiger partial charge in [0, 0.05) is 10.6 Å². The van der Waals surface area contributed by atoms with Crippen LogP contribution in [0.5, 0.6) is 5.75 Å². The van der Waals surface area contributed by atoms with Crippen LogP contribution in [-0.2, 0) is 11.2 Å². The number of halogens is 4. The van der Waals surface area contributed by atoms with E-state index in [9.17, 15) is 18.0 Å². The first-order valence-corrected chi connectivity index (χ1v) is 6.98. The van der Waals surface area contributed by atoms with Gasteiger partial charge in [-0.15, -0.1) is 0 Å². The fourth-order valence-electron chi connectivity index (χ4n) is 2.27. The maximum absolute atomic E-state index is 13.0. The molecule has 1 heterocycles. The average molecular weight is 335 g/mol. The summed E-state index contributed by atoms with van der Waals surface area (Å²) < 4.78 is 43.9. The molecule has 1 aromatic rings. The summed E-state index contributed by atoms with van der Waals surface area (Å²) in [4.78, 5) is 11.0. The third kappa shape index (κ3) is 3.38. The van der Waals surface area contributed by atoms with Crippen LogP contribution in [-0.4, -0.2) is 23.4 Å². The second kappa shape index (κ2) is 5.83. The molecule has 22 heavy (non-hydrogen) atoms. The number of carboxylic acid groups (broad SMARTS) is 1. The van der Waals surface area contributed by atoms with E-state index in [1.165, 1.54) is 12.1 Å². The molecule has 0 saturated carbocycles. The zero-order valence-electron chi connectivity index (χ0n) is 11.9. The van der Waals surface area contributed by atoms with Crippen molar-refractivity contribution in [2.24, 2.45) is 5.92 Å². The molecule has 0 unspecified atom stereocenters. The summed E-state index contributed by atoms with van der Waals surface area (Å²) in [6.45, 7) is 3.91. The van der Waals surface area contributed by atoms with Crippen LogP contribution in [0.25, 0.3) is 6.08 Å². The molecule has 0 amide bonds. The summed E-state index contributed by atoms with van der Waals surface area (Å²) >= 11 is 6.10. The SMILES string of the molecule is CC(C)Cc1cc2c(cc1Cl)C=C(C(=O)O)[C@H](C(F)(F)F)O2. The van der Waals surface area contributed by atoms with Gasteiger partial charge in [-0.3, -0.25) is 0 Å². The van der Waals surface area contributed by atoms with E-state index < -0.39 is 23.8 Å². The van der Waals surface area contributed by atoms with Crippen LogP contribution in [0, 0.1) is 5.92 Å². The highest BCUT2D eigenvalue weighted by atomic mass is 35.5. The van der Waals surface area contributed by atoms with Gasteiger partial charge in [0.05, 0.1) is 5.57 Å². The number of hydrogen-bond acceptors (Lipinski definition) is 2. The van der Waals surface area contributed by atoms with E-state index in [1.807, 2.05) is 13.8 Å². The fraction of sp³-hybridized carbons (Fsp3) is 0.400. The summed E-state index contributed by atoms with van der Waals surface area (Å²) in [5, 5.41) is 9.34. The van der Waals surface area contributed by atoms with E-state index in [2.05, 4.69) is 0 Å². The Kier molecular flexibility index (Phi) is 4.42. The molecular weight excluding hydrogens is 321 g/mol. The number of carboxylic acids is 1. The molecule has 0 radical (unpaired) electrons. The quantitative estimate of drug-likeness (QED) is 0.895. The summed E-state index contributed by atoms with van der Waals surface area (Å²) in [7, 11) is 0. The third-order valence-corrected chi connectivity index (χ3v) is 3.54. The standard InChI is InChI=1S/C15H14ClF3O3/c1-7(2)3-8-6-12-9(5-11(8)16)4-10(14(20)21)13(22-12)15(17,18)19/h4-7,13H,3H2,1-2H3,(H,20,21)/t13-/m1/s1. The molecule has 1 aromatic carbocycles. The topological polar surface area (TPSA) is 46.5 Å². The van der Waals surface area contributed by atoms with Crippen LogP contribution in [0.15, 0.2) is 17.7 Å². The molecule has 2 rings (SSSR count). The van der Waals surface area contributed by atoms with Crippen molar-refractivity contribution >= 4 is 23.6 Å². The Labute approximate surface area is 130 Å². The van der Waals surface area contributed by atoms with Gasteiger partial charge in [0.15, 0.2) is 0 Å². The van der Waals surface area contributed by atoms with Gasteiger partial charge in [0.25, 0.3) is 0 Å². The molecule has 7 heteroatoms. The summed E-state index contributed by atoms with van der Waals surface area (Å²) in [6.07, 6.45) is -5.74. The molecule has 0 saturated heterocycles. The van der Waals surface area contributed by atoms with Crippen molar-refractivity contribution in [2.75, 3.05) is 0 Å². The molecule has 3 nitrogen and oxygen atoms in total. The van der Waals surface area contributed by atoms with E-state index >= 15 is 0 Å². The molecule has 0 aromatic heterocycles. The number of aliphatic carboxylic acids is 1. The van der Waals surface area contributed by atoms with E-state index in [1.54, 1.807) is 0 Å². The molecule has 0 fully saturated rings. The number of benzene rings is 1. The van der Waals surface area contributed by atoms with Crippen molar-refractivity contribution in [1.82, 2.24) is 0 Å². The normalized spacial score (nSPS) is 17.8. The highest BCUT2D eigenvalue weighted by Crippen LogP contribution is 2.39. The Morgan fingerprint density at radius 1 is 1.41 bits per heavy atom. The fourth-order valence-corrected chi connectivity index (χ4v) is 2.52. The number of hydrogen-bond donors (Lipinski definition) is 1. The van der Waals surface area contributed by atoms with Crippen LogP contribution < -0.4 is 4.74 Å². The van der Waals surface area contributed by atoms with Gasteiger partial charge in [-0.25, -0.2) is 4.79 Å². The second-order valence-electron chi connectivity index (χ2n) is 5.52. The van der Waals surface area contributed by atoms with Gasteiger partial charge < -0.3 is 9.84 Å². The van der Waals surface area contributed by atoms with Gasteiger partial charge in [-0.05, 0) is 36.1 Å². The Bertz CT molecular complexity index is 636. The molecule has 0 bridgehead atoms. The lowest BCUT2D eigenvalue weighted by molar-refractivity contribution is -0.187. The molecule has 1 aliphatic rings. The highest BCUT2D eigenvalue weighted by Gasteiger charge is 2.48. The molecule has 120 valence electrons. The summed E-state index contributed by atoms with van der Waals surface area (Å²) in [5.74, 6) is -1.41. The maximum atomic E-state index is 13.0. The Morgan fingerprint density at radius 2 is 2.05 bits per heavy atom. The zero-order chi connectivity index (χ0) is 16.7. The van der Waals surface area contributed by atoms with Crippen molar-refractivity contribution in [1.29, 1.82) is 0 Å². The van der Waals surface area contributed by atoms with E-state index in [4.69, 9.17) is 21.4 Å². The summed E-state index contributed by atoms with van der Waals surface area (Å²) in [5.41, 5.74) is 0.0478. The largest absolute Gasteiger partial charge is 0.478 e. The first kappa shape index (κ1) is 16.7. The molecule has 0 aliphatic carbocycles. The van der Waals surface area contributed by atoms with Gasteiger partial charge in [0.2, 0.25) is 6.10 Å². The maximum Gasteiger partial charge on any atom is 0.430 e. The molecule has 0 spiro atoms. The first-order chi connectivity index (χ1) is 10.1. The molecular formula is C15H14ClF3O3. The predicted molar refractivity (Wildman–Crippen MR) is 76.1 cm³/mol. The number of rotatable bonds is 3. The highest BCUT2D eigenvalue weighted by molar-refractivity contribution is 6.31.